The summed E-state index contributed by atoms with van der Waals surface area (Å²) in [6.07, 6.45) is 3.01. The number of hydrogen-bond donors (Lipinski definition) is 2. The molecular formula is C19H25N3O5S. The highest BCUT2D eigenvalue weighted by molar-refractivity contribution is 7.17. The lowest BCUT2D eigenvalue weighted by Crippen LogP contribution is -2.44. The summed E-state index contributed by atoms with van der Waals surface area (Å²) in [4.78, 5) is 51.4. The van der Waals surface area contributed by atoms with Crippen LogP contribution in [0.3, 0.4) is 0 Å². The van der Waals surface area contributed by atoms with Crippen molar-refractivity contribution in [3.63, 3.8) is 0 Å². The number of nitrogens with one attached hydrogen (secondary N) is 2. The zero-order valence-corrected chi connectivity index (χ0v) is 17.3. The number of rotatable bonds is 5. The Morgan fingerprint density at radius 1 is 1.39 bits per heavy atom. The van der Waals surface area contributed by atoms with E-state index in [0.29, 0.717) is 22.9 Å². The third-order valence-electron chi connectivity index (χ3n) is 5.51. The number of carbonyl (C=O) groups is 4. The zero-order valence-electron chi connectivity index (χ0n) is 16.5. The summed E-state index contributed by atoms with van der Waals surface area (Å²) in [7, 11) is 1.31. The van der Waals surface area contributed by atoms with Gasteiger partial charge in [0.2, 0.25) is 5.91 Å². The molecule has 4 amide bonds. The van der Waals surface area contributed by atoms with E-state index in [9.17, 15) is 19.2 Å². The van der Waals surface area contributed by atoms with Gasteiger partial charge in [-0.05, 0) is 44.1 Å². The van der Waals surface area contributed by atoms with Gasteiger partial charge in [-0.25, -0.2) is 9.59 Å². The molecule has 9 heteroatoms. The lowest BCUT2D eigenvalue weighted by atomic mass is 9.88. The lowest BCUT2D eigenvalue weighted by Gasteiger charge is -2.19. The van der Waals surface area contributed by atoms with Gasteiger partial charge in [0.05, 0.1) is 12.7 Å². The number of urea groups is 1. The second-order valence-corrected chi connectivity index (χ2v) is 8.71. The molecule has 1 saturated heterocycles. The standard InChI is InChI=1S/C19H25N3O5S/c1-5-19(3)17(25)22(18(26)21-19)9-13(23)20-15-14(16(24)27-4)11-7-6-10(2)8-12(11)28-15/h10H,5-9H2,1-4H3,(H,20,23)(H,21,26)/t10-,19-/m1/s1. The van der Waals surface area contributed by atoms with Gasteiger partial charge in [0.1, 0.15) is 17.1 Å². The monoisotopic (exact) mass is 407 g/mol. The number of methoxy groups -OCH3 is 1. The summed E-state index contributed by atoms with van der Waals surface area (Å²) in [6.45, 7) is 5.18. The average molecular weight is 407 g/mol. The van der Waals surface area contributed by atoms with Crippen molar-refractivity contribution < 1.29 is 23.9 Å². The fourth-order valence-corrected chi connectivity index (χ4v) is 5.01. The molecule has 8 nitrogen and oxygen atoms in total. The highest BCUT2D eigenvalue weighted by Gasteiger charge is 2.47. The van der Waals surface area contributed by atoms with E-state index in [2.05, 4.69) is 17.6 Å². The van der Waals surface area contributed by atoms with Gasteiger partial charge in [-0.15, -0.1) is 11.3 Å². The maximum absolute atomic E-state index is 12.6. The first kappa shape index (κ1) is 20.3. The van der Waals surface area contributed by atoms with Crippen molar-refractivity contribution >= 4 is 40.2 Å². The number of fused-ring (bicyclic) bond motifs is 1. The summed E-state index contributed by atoms with van der Waals surface area (Å²) in [6, 6.07) is -0.586. The number of thiophene rings is 1. The van der Waals surface area contributed by atoms with Crippen molar-refractivity contribution in [1.82, 2.24) is 10.2 Å². The van der Waals surface area contributed by atoms with E-state index in [1.54, 1.807) is 13.8 Å². The molecule has 3 rings (SSSR count). The predicted octanol–water partition coefficient (Wildman–Crippen LogP) is 2.32. The van der Waals surface area contributed by atoms with Crippen LogP contribution >= 0.6 is 11.3 Å². The molecule has 0 unspecified atom stereocenters. The Kier molecular flexibility index (Phi) is 5.47. The summed E-state index contributed by atoms with van der Waals surface area (Å²) in [5.41, 5.74) is 0.323. The molecule has 0 aromatic carbocycles. The molecule has 1 fully saturated rings. The van der Waals surface area contributed by atoms with Crippen molar-refractivity contribution in [2.75, 3.05) is 19.0 Å². The third-order valence-corrected chi connectivity index (χ3v) is 6.68. The summed E-state index contributed by atoms with van der Waals surface area (Å²) >= 11 is 1.36. The molecule has 1 aromatic rings. The molecule has 2 N–H and O–H groups in total. The van der Waals surface area contributed by atoms with Gasteiger partial charge in [0, 0.05) is 4.88 Å². The topological polar surface area (TPSA) is 105 Å². The quantitative estimate of drug-likeness (QED) is 0.576. The molecule has 2 atom stereocenters. The van der Waals surface area contributed by atoms with Crippen LogP contribution in [0.25, 0.3) is 0 Å². The second-order valence-electron chi connectivity index (χ2n) is 7.60. The Balaban J connectivity index is 1.80. The maximum atomic E-state index is 12.6. The zero-order chi connectivity index (χ0) is 20.6. The Hall–Kier alpha value is -2.42. The number of imide groups is 1. The highest BCUT2D eigenvalue weighted by Crippen LogP contribution is 2.40. The molecule has 2 heterocycles. The molecule has 2 aliphatic rings. The van der Waals surface area contributed by atoms with Crippen LogP contribution < -0.4 is 10.6 Å². The molecule has 152 valence electrons. The van der Waals surface area contributed by atoms with Crippen molar-refractivity contribution in [1.29, 1.82) is 0 Å². The fraction of sp³-hybridized carbons (Fsp3) is 0.579. The lowest BCUT2D eigenvalue weighted by molar-refractivity contribution is -0.133. The molecule has 0 bridgehead atoms. The SMILES string of the molecule is CC[C@@]1(C)NC(=O)N(CC(=O)Nc2sc3c(c2C(=O)OC)CC[C@@H](C)C3)C1=O. The first-order chi connectivity index (χ1) is 13.2. The molecular weight excluding hydrogens is 382 g/mol. The van der Waals surface area contributed by atoms with Crippen molar-refractivity contribution in [2.24, 2.45) is 5.92 Å². The van der Waals surface area contributed by atoms with Crippen molar-refractivity contribution in [2.45, 2.75) is 52.0 Å². The minimum Gasteiger partial charge on any atom is -0.465 e. The fourth-order valence-electron chi connectivity index (χ4n) is 3.60. The number of amides is 4. The van der Waals surface area contributed by atoms with Gasteiger partial charge in [-0.1, -0.05) is 13.8 Å². The number of hydrogen-bond acceptors (Lipinski definition) is 6. The summed E-state index contributed by atoms with van der Waals surface area (Å²) in [5.74, 6) is -0.933. The molecule has 0 spiro atoms. The van der Waals surface area contributed by atoms with Crippen molar-refractivity contribution in [3.05, 3.63) is 16.0 Å². The van der Waals surface area contributed by atoms with Crippen LogP contribution in [0.5, 0.6) is 0 Å². The first-order valence-corrected chi connectivity index (χ1v) is 10.2. The van der Waals surface area contributed by atoms with Crippen LogP contribution in [0, 0.1) is 5.92 Å². The van der Waals surface area contributed by atoms with Crippen LogP contribution in [0.4, 0.5) is 9.80 Å². The third kappa shape index (κ3) is 3.50. The van der Waals surface area contributed by atoms with E-state index in [1.807, 2.05) is 0 Å². The average Bonchev–Trinajstić information content (AvgIpc) is 3.10. The van der Waals surface area contributed by atoms with Gasteiger partial charge in [-0.2, -0.15) is 0 Å². The summed E-state index contributed by atoms with van der Waals surface area (Å²) < 4.78 is 4.91. The minimum absolute atomic E-state index is 0.387. The number of carbonyl (C=O) groups excluding carboxylic acids is 4. The van der Waals surface area contributed by atoms with E-state index < -0.39 is 35.9 Å². The van der Waals surface area contributed by atoms with Crippen LogP contribution in [-0.4, -0.2) is 47.9 Å². The van der Waals surface area contributed by atoms with Crippen LogP contribution in [0.15, 0.2) is 0 Å². The van der Waals surface area contributed by atoms with E-state index in [1.165, 1.54) is 18.4 Å². The number of nitrogens with zero attached hydrogens (tertiary/aromatic N) is 1. The van der Waals surface area contributed by atoms with Crippen LogP contribution in [0.1, 0.15) is 54.4 Å². The molecule has 0 radical (unpaired) electrons. The van der Waals surface area contributed by atoms with Crippen molar-refractivity contribution in [3.8, 4) is 0 Å². The Bertz CT molecular complexity index is 849. The van der Waals surface area contributed by atoms with Crippen LogP contribution in [-0.2, 0) is 27.2 Å². The normalized spacial score (nSPS) is 24.0. The Labute approximate surface area is 167 Å². The van der Waals surface area contributed by atoms with E-state index in [4.69, 9.17) is 4.74 Å². The second kappa shape index (κ2) is 7.54. The van der Waals surface area contributed by atoms with E-state index >= 15 is 0 Å². The van der Waals surface area contributed by atoms with Crippen LogP contribution in [0.2, 0.25) is 0 Å². The predicted molar refractivity (Wildman–Crippen MR) is 104 cm³/mol. The first-order valence-electron chi connectivity index (χ1n) is 9.37. The van der Waals surface area contributed by atoms with Gasteiger partial charge in [-0.3, -0.25) is 14.5 Å². The largest absolute Gasteiger partial charge is 0.465 e. The minimum atomic E-state index is -0.993. The Morgan fingerprint density at radius 3 is 2.71 bits per heavy atom. The van der Waals surface area contributed by atoms with Gasteiger partial charge >= 0.3 is 12.0 Å². The smallest absolute Gasteiger partial charge is 0.341 e. The van der Waals surface area contributed by atoms with Gasteiger partial charge in [0.25, 0.3) is 5.91 Å². The molecule has 28 heavy (non-hydrogen) atoms. The van der Waals surface area contributed by atoms with E-state index in [-0.39, 0.29) is 0 Å². The number of anilines is 1. The molecule has 0 saturated carbocycles. The Morgan fingerprint density at radius 2 is 2.11 bits per heavy atom. The molecule has 1 aliphatic carbocycles. The molecule has 1 aromatic heterocycles. The number of ether oxygens (including phenoxy) is 1. The highest BCUT2D eigenvalue weighted by atomic mass is 32.1. The summed E-state index contributed by atoms with van der Waals surface area (Å²) in [5, 5.41) is 5.75. The van der Waals surface area contributed by atoms with Gasteiger partial charge in [0.15, 0.2) is 0 Å². The number of esters is 1. The molecule has 1 aliphatic heterocycles. The van der Waals surface area contributed by atoms with E-state index in [0.717, 1.165) is 34.6 Å². The maximum Gasteiger partial charge on any atom is 0.341 e. The van der Waals surface area contributed by atoms with Gasteiger partial charge < -0.3 is 15.4 Å².